The van der Waals surface area contributed by atoms with Gasteiger partial charge in [0.25, 0.3) is 0 Å². The quantitative estimate of drug-likeness (QED) is 0.495. The minimum Gasteiger partial charge on any atom is -0.391 e. The summed E-state index contributed by atoms with van der Waals surface area (Å²) < 4.78 is 0. The van der Waals surface area contributed by atoms with Crippen molar-refractivity contribution < 1.29 is 5.11 Å². The summed E-state index contributed by atoms with van der Waals surface area (Å²) in [5.74, 6) is 0.862. The van der Waals surface area contributed by atoms with Crippen LogP contribution in [0.15, 0.2) is 18.3 Å². The second-order valence-electron chi connectivity index (χ2n) is 4.06. The van der Waals surface area contributed by atoms with Gasteiger partial charge in [-0.25, -0.2) is 4.98 Å². The molecule has 86 valence electrons. The molecule has 2 heterocycles. The average Bonchev–Trinajstić information content (AvgIpc) is 2.29. The van der Waals surface area contributed by atoms with E-state index in [1.54, 1.807) is 12.3 Å². The highest BCUT2D eigenvalue weighted by molar-refractivity contribution is 5.94. The smallest absolute Gasteiger partial charge is 0.128 e. The largest absolute Gasteiger partial charge is 0.391 e. The number of nitrogens with two attached hydrogens (primary N) is 1. The van der Waals surface area contributed by atoms with E-state index in [0.29, 0.717) is 12.1 Å². The highest BCUT2D eigenvalue weighted by atomic mass is 16.3. The summed E-state index contributed by atoms with van der Waals surface area (Å²) in [6.07, 6.45) is 3.18. The number of aromatic nitrogens is 1. The third-order valence-corrected chi connectivity index (χ3v) is 2.78. The fourth-order valence-electron chi connectivity index (χ4n) is 1.90. The third-order valence-electron chi connectivity index (χ3n) is 2.78. The lowest BCUT2D eigenvalue weighted by molar-refractivity contribution is 0.154. The second-order valence-corrected chi connectivity index (χ2v) is 4.06. The minimum absolute atomic E-state index is 0.0257. The van der Waals surface area contributed by atoms with E-state index in [2.05, 4.69) is 9.88 Å². The molecular formula is C11H16N4O. The number of aliphatic hydroxyl groups is 1. The van der Waals surface area contributed by atoms with Crippen molar-refractivity contribution in [1.29, 1.82) is 5.41 Å². The van der Waals surface area contributed by atoms with Crippen LogP contribution in [0.2, 0.25) is 0 Å². The Kier molecular flexibility index (Phi) is 3.05. The first-order valence-corrected chi connectivity index (χ1v) is 5.40. The number of nitrogen functional groups attached to an aromatic ring is 1. The van der Waals surface area contributed by atoms with Gasteiger partial charge < -0.3 is 15.7 Å². The SMILES string of the molecule is N=C(N)c1ccc(N2CCCC(O)C2)nc1. The number of anilines is 1. The summed E-state index contributed by atoms with van der Waals surface area (Å²) in [5.41, 5.74) is 5.98. The van der Waals surface area contributed by atoms with Gasteiger partial charge in [0.2, 0.25) is 0 Å². The topological polar surface area (TPSA) is 86.2 Å². The molecule has 1 saturated heterocycles. The number of β-amino-alcohol motifs (C(OH)–C–C–N with tert-alkyl or cyclic N) is 1. The molecule has 1 fully saturated rings. The number of piperidine rings is 1. The number of nitrogens with zero attached hydrogens (tertiary/aromatic N) is 2. The summed E-state index contributed by atoms with van der Waals surface area (Å²) in [6, 6.07) is 3.63. The zero-order chi connectivity index (χ0) is 11.5. The fraction of sp³-hybridized carbons (Fsp3) is 0.455. The Morgan fingerprint density at radius 3 is 2.94 bits per heavy atom. The number of nitrogens with one attached hydrogen (secondary N) is 1. The molecule has 0 amide bonds. The Labute approximate surface area is 94.4 Å². The van der Waals surface area contributed by atoms with Crippen LogP contribution >= 0.6 is 0 Å². The van der Waals surface area contributed by atoms with Crippen molar-refractivity contribution in [3.05, 3.63) is 23.9 Å². The number of aliphatic hydroxyl groups excluding tert-OH is 1. The molecule has 0 aromatic carbocycles. The maximum Gasteiger partial charge on any atom is 0.128 e. The molecule has 0 aliphatic carbocycles. The molecular weight excluding hydrogens is 204 g/mol. The van der Waals surface area contributed by atoms with E-state index in [4.69, 9.17) is 11.1 Å². The first-order chi connectivity index (χ1) is 7.66. The van der Waals surface area contributed by atoms with Crippen molar-refractivity contribution >= 4 is 11.7 Å². The molecule has 2 rings (SSSR count). The molecule has 1 unspecified atom stereocenters. The van der Waals surface area contributed by atoms with Crippen LogP contribution in [0.5, 0.6) is 0 Å². The summed E-state index contributed by atoms with van der Waals surface area (Å²) >= 11 is 0. The Bertz CT molecular complexity index is 376. The first-order valence-electron chi connectivity index (χ1n) is 5.40. The number of rotatable bonds is 2. The molecule has 1 aromatic heterocycles. The Hall–Kier alpha value is -1.62. The molecule has 5 nitrogen and oxygen atoms in total. The monoisotopic (exact) mass is 220 g/mol. The summed E-state index contributed by atoms with van der Waals surface area (Å²) in [4.78, 5) is 6.31. The summed E-state index contributed by atoms with van der Waals surface area (Å²) in [5, 5.41) is 16.8. The Morgan fingerprint density at radius 2 is 2.38 bits per heavy atom. The van der Waals surface area contributed by atoms with Gasteiger partial charge in [-0.15, -0.1) is 0 Å². The van der Waals surface area contributed by atoms with Crippen molar-refractivity contribution in [1.82, 2.24) is 4.98 Å². The van der Waals surface area contributed by atoms with Gasteiger partial charge in [-0.05, 0) is 25.0 Å². The molecule has 1 aliphatic rings. The molecule has 0 spiro atoms. The van der Waals surface area contributed by atoms with E-state index in [9.17, 15) is 5.11 Å². The van der Waals surface area contributed by atoms with Crippen molar-refractivity contribution in [3.8, 4) is 0 Å². The Morgan fingerprint density at radius 1 is 1.56 bits per heavy atom. The highest BCUT2D eigenvalue weighted by Gasteiger charge is 2.18. The maximum atomic E-state index is 9.56. The zero-order valence-electron chi connectivity index (χ0n) is 9.06. The predicted molar refractivity (Wildman–Crippen MR) is 62.7 cm³/mol. The van der Waals surface area contributed by atoms with Crippen LogP contribution in [0.4, 0.5) is 5.82 Å². The van der Waals surface area contributed by atoms with Crippen LogP contribution in [0.1, 0.15) is 18.4 Å². The van der Waals surface area contributed by atoms with E-state index in [1.165, 1.54) is 0 Å². The summed E-state index contributed by atoms with van der Waals surface area (Å²) in [7, 11) is 0. The molecule has 4 N–H and O–H groups in total. The Balaban J connectivity index is 2.11. The predicted octanol–water partition coefficient (Wildman–Crippen LogP) is 0.327. The van der Waals surface area contributed by atoms with Gasteiger partial charge in [0.05, 0.1) is 6.10 Å². The zero-order valence-corrected chi connectivity index (χ0v) is 9.06. The van der Waals surface area contributed by atoms with E-state index in [1.807, 2.05) is 6.07 Å². The number of pyridine rings is 1. The van der Waals surface area contributed by atoms with E-state index >= 15 is 0 Å². The fourth-order valence-corrected chi connectivity index (χ4v) is 1.90. The molecule has 0 bridgehead atoms. The van der Waals surface area contributed by atoms with Crippen LogP contribution in [0.3, 0.4) is 0 Å². The lowest BCUT2D eigenvalue weighted by atomic mass is 10.1. The highest BCUT2D eigenvalue weighted by Crippen LogP contribution is 2.17. The van der Waals surface area contributed by atoms with E-state index in [0.717, 1.165) is 25.2 Å². The lowest BCUT2D eigenvalue weighted by Crippen LogP contribution is -2.38. The van der Waals surface area contributed by atoms with Crippen LogP contribution in [-0.2, 0) is 0 Å². The van der Waals surface area contributed by atoms with Crippen molar-refractivity contribution in [2.45, 2.75) is 18.9 Å². The summed E-state index contributed by atoms with van der Waals surface area (Å²) in [6.45, 7) is 1.55. The molecule has 1 atom stereocenters. The maximum absolute atomic E-state index is 9.56. The molecule has 5 heteroatoms. The van der Waals surface area contributed by atoms with E-state index in [-0.39, 0.29) is 11.9 Å². The van der Waals surface area contributed by atoms with Crippen LogP contribution in [0.25, 0.3) is 0 Å². The lowest BCUT2D eigenvalue weighted by Gasteiger charge is -2.30. The van der Waals surface area contributed by atoms with Crippen molar-refractivity contribution in [3.63, 3.8) is 0 Å². The average molecular weight is 220 g/mol. The van der Waals surface area contributed by atoms with E-state index < -0.39 is 0 Å². The number of hydrogen-bond acceptors (Lipinski definition) is 4. The first kappa shape index (κ1) is 10.9. The van der Waals surface area contributed by atoms with Gasteiger partial charge >= 0.3 is 0 Å². The normalized spacial score (nSPS) is 20.8. The molecule has 0 saturated carbocycles. The van der Waals surface area contributed by atoms with Crippen molar-refractivity contribution in [2.75, 3.05) is 18.0 Å². The standard InChI is InChI=1S/C11H16N4O/c12-11(13)8-3-4-10(14-6-8)15-5-1-2-9(16)7-15/h3-4,6,9,16H,1-2,5,7H2,(H3,12,13). The minimum atomic E-state index is -0.261. The van der Waals surface area contributed by atoms with Gasteiger partial charge in [-0.1, -0.05) is 0 Å². The van der Waals surface area contributed by atoms with Gasteiger partial charge in [-0.3, -0.25) is 5.41 Å². The molecule has 1 aromatic rings. The second kappa shape index (κ2) is 4.49. The van der Waals surface area contributed by atoms with Crippen molar-refractivity contribution in [2.24, 2.45) is 5.73 Å². The van der Waals surface area contributed by atoms with Gasteiger partial charge in [-0.2, -0.15) is 0 Å². The molecule has 16 heavy (non-hydrogen) atoms. The van der Waals surface area contributed by atoms with Crippen LogP contribution in [0, 0.1) is 5.41 Å². The van der Waals surface area contributed by atoms with Gasteiger partial charge in [0, 0.05) is 24.8 Å². The molecule has 1 aliphatic heterocycles. The van der Waals surface area contributed by atoms with Crippen LogP contribution in [-0.4, -0.2) is 35.1 Å². The number of hydrogen-bond donors (Lipinski definition) is 3. The number of amidine groups is 1. The third kappa shape index (κ3) is 2.30. The van der Waals surface area contributed by atoms with Gasteiger partial charge in [0.15, 0.2) is 0 Å². The van der Waals surface area contributed by atoms with Crippen LogP contribution < -0.4 is 10.6 Å². The molecule has 0 radical (unpaired) electrons. The van der Waals surface area contributed by atoms with Gasteiger partial charge in [0.1, 0.15) is 11.7 Å².